The van der Waals surface area contributed by atoms with E-state index < -0.39 is 10.0 Å². The van der Waals surface area contributed by atoms with Crippen LogP contribution in [0.25, 0.3) is 0 Å². The molecule has 7 heteroatoms. The van der Waals surface area contributed by atoms with Crippen LogP contribution in [-0.4, -0.2) is 31.8 Å². The highest BCUT2D eigenvalue weighted by Crippen LogP contribution is 2.32. The Bertz CT molecular complexity index is 924. The molecule has 2 aliphatic rings. The summed E-state index contributed by atoms with van der Waals surface area (Å²) in [6.07, 6.45) is 0.701. The van der Waals surface area contributed by atoms with Gasteiger partial charge in [0.15, 0.2) is 6.61 Å². The van der Waals surface area contributed by atoms with Crippen LogP contribution in [0.4, 0.5) is 5.69 Å². The average Bonchev–Trinajstić information content (AvgIpc) is 2.60. The highest BCUT2D eigenvalue weighted by molar-refractivity contribution is 7.89. The lowest BCUT2D eigenvalue weighted by Crippen LogP contribution is -2.36. The van der Waals surface area contributed by atoms with Gasteiger partial charge in [-0.2, -0.15) is 4.31 Å². The first kappa shape index (κ1) is 15.2. The molecule has 0 bridgehead atoms. The third kappa shape index (κ3) is 2.55. The Morgan fingerprint density at radius 3 is 2.71 bits per heavy atom. The van der Waals surface area contributed by atoms with E-state index >= 15 is 0 Å². The molecular weight excluding hydrogens is 328 g/mol. The quantitative estimate of drug-likeness (QED) is 0.901. The molecule has 2 aliphatic heterocycles. The van der Waals surface area contributed by atoms with Crippen LogP contribution in [0.15, 0.2) is 47.4 Å². The highest BCUT2D eigenvalue weighted by Gasteiger charge is 2.29. The Morgan fingerprint density at radius 1 is 1.08 bits per heavy atom. The van der Waals surface area contributed by atoms with Gasteiger partial charge >= 0.3 is 0 Å². The molecule has 0 saturated carbocycles. The maximum atomic E-state index is 12.9. The molecule has 0 radical (unpaired) electrons. The smallest absolute Gasteiger partial charge is 0.262 e. The third-order valence-electron chi connectivity index (χ3n) is 4.32. The Morgan fingerprint density at radius 2 is 1.88 bits per heavy atom. The maximum absolute atomic E-state index is 12.9. The van der Waals surface area contributed by atoms with Gasteiger partial charge in [0.05, 0.1) is 10.6 Å². The first-order valence-corrected chi connectivity index (χ1v) is 9.12. The van der Waals surface area contributed by atoms with E-state index in [0.717, 1.165) is 5.56 Å². The van der Waals surface area contributed by atoms with Crippen LogP contribution in [0.1, 0.15) is 11.1 Å². The van der Waals surface area contributed by atoms with Gasteiger partial charge in [0.25, 0.3) is 5.91 Å². The van der Waals surface area contributed by atoms with Gasteiger partial charge in [-0.05, 0) is 29.7 Å². The van der Waals surface area contributed by atoms with Crippen molar-refractivity contribution in [2.24, 2.45) is 0 Å². The Kier molecular flexibility index (Phi) is 3.54. The van der Waals surface area contributed by atoms with Gasteiger partial charge < -0.3 is 10.1 Å². The van der Waals surface area contributed by atoms with Crippen molar-refractivity contribution in [3.63, 3.8) is 0 Å². The number of rotatable bonds is 2. The highest BCUT2D eigenvalue weighted by atomic mass is 32.2. The van der Waals surface area contributed by atoms with E-state index in [1.54, 1.807) is 6.07 Å². The van der Waals surface area contributed by atoms with Gasteiger partial charge in [-0.3, -0.25) is 4.79 Å². The van der Waals surface area contributed by atoms with E-state index in [0.29, 0.717) is 30.9 Å². The number of anilines is 1. The fourth-order valence-electron chi connectivity index (χ4n) is 3.04. The van der Waals surface area contributed by atoms with E-state index in [1.165, 1.54) is 22.0 Å². The minimum absolute atomic E-state index is 0.104. The van der Waals surface area contributed by atoms with Gasteiger partial charge in [0.1, 0.15) is 5.75 Å². The van der Waals surface area contributed by atoms with Crippen molar-refractivity contribution in [1.29, 1.82) is 0 Å². The number of benzene rings is 2. The average molecular weight is 344 g/mol. The van der Waals surface area contributed by atoms with Crippen molar-refractivity contribution in [3.8, 4) is 5.75 Å². The molecule has 0 saturated heterocycles. The summed E-state index contributed by atoms with van der Waals surface area (Å²) in [4.78, 5) is 11.5. The molecule has 6 nitrogen and oxygen atoms in total. The lowest BCUT2D eigenvalue weighted by Gasteiger charge is -2.28. The lowest BCUT2D eigenvalue weighted by atomic mass is 10.0. The molecule has 2 aromatic carbocycles. The topological polar surface area (TPSA) is 75.7 Å². The number of amides is 1. The summed E-state index contributed by atoms with van der Waals surface area (Å²) in [7, 11) is -3.61. The van der Waals surface area contributed by atoms with Crippen LogP contribution in [-0.2, 0) is 27.8 Å². The second kappa shape index (κ2) is 5.61. The number of nitrogens with one attached hydrogen (secondary N) is 1. The monoisotopic (exact) mass is 344 g/mol. The number of hydrogen-bond donors (Lipinski definition) is 1. The zero-order valence-electron chi connectivity index (χ0n) is 12.9. The molecule has 0 fully saturated rings. The maximum Gasteiger partial charge on any atom is 0.262 e. The van der Waals surface area contributed by atoms with E-state index in [4.69, 9.17) is 4.74 Å². The van der Waals surface area contributed by atoms with Gasteiger partial charge in [0.2, 0.25) is 10.0 Å². The van der Waals surface area contributed by atoms with Crippen molar-refractivity contribution in [1.82, 2.24) is 4.31 Å². The predicted octanol–water partition coefficient (Wildman–Crippen LogP) is 1.76. The molecular formula is C17H16N2O4S. The number of carbonyl (C=O) groups excluding carboxylic acids is 1. The van der Waals surface area contributed by atoms with Crippen LogP contribution in [0.2, 0.25) is 0 Å². The van der Waals surface area contributed by atoms with Crippen LogP contribution in [0, 0.1) is 0 Å². The summed E-state index contributed by atoms with van der Waals surface area (Å²) >= 11 is 0. The normalized spacial score (nSPS) is 17.4. The van der Waals surface area contributed by atoms with E-state index in [2.05, 4.69) is 5.32 Å². The third-order valence-corrected chi connectivity index (χ3v) is 6.16. The lowest BCUT2D eigenvalue weighted by molar-refractivity contribution is -0.118. The standard InChI is InChI=1S/C17H16N2O4S/c20-17-11-23-16-9-14(5-6-15(16)18-17)24(21,22)19-8-7-12-3-1-2-4-13(12)10-19/h1-6,9H,7-8,10-11H2,(H,18,20). The second-order valence-corrected chi connectivity index (χ2v) is 7.79. The van der Waals surface area contributed by atoms with E-state index in [-0.39, 0.29) is 17.4 Å². The predicted molar refractivity (Wildman–Crippen MR) is 88.3 cm³/mol. The first-order chi connectivity index (χ1) is 11.5. The summed E-state index contributed by atoms with van der Waals surface area (Å²) in [6, 6.07) is 12.4. The molecule has 0 unspecified atom stereocenters. The van der Waals surface area contributed by atoms with Crippen molar-refractivity contribution in [2.75, 3.05) is 18.5 Å². The van der Waals surface area contributed by atoms with E-state index in [1.807, 2.05) is 24.3 Å². The summed E-state index contributed by atoms with van der Waals surface area (Å²) in [5.41, 5.74) is 2.73. The molecule has 4 rings (SSSR count). The summed E-state index contributed by atoms with van der Waals surface area (Å²) < 4.78 is 32.7. The zero-order valence-corrected chi connectivity index (χ0v) is 13.7. The van der Waals surface area contributed by atoms with Gasteiger partial charge in [-0.1, -0.05) is 24.3 Å². The van der Waals surface area contributed by atoms with Crippen LogP contribution in [0.5, 0.6) is 5.75 Å². The molecule has 0 spiro atoms. The van der Waals surface area contributed by atoms with Crippen molar-refractivity contribution in [2.45, 2.75) is 17.9 Å². The summed E-state index contributed by atoms with van der Waals surface area (Å²) in [5, 5.41) is 2.66. The van der Waals surface area contributed by atoms with Gasteiger partial charge in [-0.25, -0.2) is 8.42 Å². The Balaban J connectivity index is 1.65. The molecule has 24 heavy (non-hydrogen) atoms. The van der Waals surface area contributed by atoms with E-state index in [9.17, 15) is 13.2 Å². The number of fused-ring (bicyclic) bond motifs is 2. The minimum Gasteiger partial charge on any atom is -0.482 e. The largest absolute Gasteiger partial charge is 0.482 e. The number of nitrogens with zero attached hydrogens (tertiary/aromatic N) is 1. The molecule has 2 heterocycles. The fourth-order valence-corrected chi connectivity index (χ4v) is 4.47. The van der Waals surface area contributed by atoms with Gasteiger partial charge in [0, 0.05) is 19.2 Å². The molecule has 1 N–H and O–H groups in total. The molecule has 1 amide bonds. The molecule has 124 valence electrons. The van der Waals surface area contributed by atoms with Crippen LogP contribution < -0.4 is 10.1 Å². The number of carbonyl (C=O) groups is 1. The number of sulfonamides is 1. The SMILES string of the molecule is O=C1COc2cc(S(=O)(=O)N3CCc4ccccc4C3)ccc2N1. The van der Waals surface area contributed by atoms with Gasteiger partial charge in [-0.15, -0.1) is 0 Å². The minimum atomic E-state index is -3.61. The Hall–Kier alpha value is -2.38. The second-order valence-electron chi connectivity index (χ2n) is 5.85. The fraction of sp³-hybridized carbons (Fsp3) is 0.235. The van der Waals surface area contributed by atoms with Crippen LogP contribution in [0.3, 0.4) is 0 Å². The summed E-state index contributed by atoms with van der Waals surface area (Å²) in [6.45, 7) is 0.717. The van der Waals surface area contributed by atoms with Crippen molar-refractivity contribution in [3.05, 3.63) is 53.6 Å². The van der Waals surface area contributed by atoms with Crippen molar-refractivity contribution >= 4 is 21.6 Å². The first-order valence-electron chi connectivity index (χ1n) is 7.68. The van der Waals surface area contributed by atoms with Crippen LogP contribution >= 0.6 is 0 Å². The summed E-state index contributed by atoms with van der Waals surface area (Å²) in [5.74, 6) is 0.138. The molecule has 0 aromatic heterocycles. The Labute approximate surface area is 140 Å². The number of hydrogen-bond acceptors (Lipinski definition) is 4. The molecule has 2 aromatic rings. The van der Waals surface area contributed by atoms with Crippen molar-refractivity contribution < 1.29 is 17.9 Å². The molecule has 0 aliphatic carbocycles. The zero-order chi connectivity index (χ0) is 16.7. The molecule has 0 atom stereocenters. The number of ether oxygens (including phenoxy) is 1.